The number of hydrogen-bond acceptors (Lipinski definition) is 3. The van der Waals surface area contributed by atoms with E-state index in [1.807, 2.05) is 54.6 Å². The van der Waals surface area contributed by atoms with Crippen molar-refractivity contribution in [3.05, 3.63) is 100 Å². The fourth-order valence-corrected chi connectivity index (χ4v) is 3.40. The zero-order valence-corrected chi connectivity index (χ0v) is 15.1. The molecular weight excluding hydrogens is 354 g/mol. The molecule has 2 amide bonds. The molecule has 1 aliphatic heterocycles. The van der Waals surface area contributed by atoms with Crippen LogP contribution in [0.25, 0.3) is 11.1 Å². The second-order valence-electron chi connectivity index (χ2n) is 6.79. The number of amides is 2. The van der Waals surface area contributed by atoms with Crippen LogP contribution in [0.1, 0.15) is 17.2 Å². The van der Waals surface area contributed by atoms with Gasteiger partial charge in [0.2, 0.25) is 0 Å². The first-order valence-corrected chi connectivity index (χ1v) is 9.04. The van der Waals surface area contributed by atoms with Crippen LogP contribution >= 0.6 is 0 Å². The van der Waals surface area contributed by atoms with Gasteiger partial charge in [-0.05, 0) is 34.4 Å². The van der Waals surface area contributed by atoms with Crippen LogP contribution < -0.4 is 5.32 Å². The molecule has 3 aromatic carbocycles. The number of nitro groups is 1. The van der Waals surface area contributed by atoms with E-state index in [0.717, 1.165) is 22.3 Å². The molecule has 6 heteroatoms. The first kappa shape index (κ1) is 17.7. The molecule has 0 aliphatic carbocycles. The lowest BCUT2D eigenvalue weighted by atomic mass is 10.0. The molecule has 0 radical (unpaired) electrons. The molecule has 140 valence electrons. The van der Waals surface area contributed by atoms with E-state index < -0.39 is 4.92 Å². The minimum atomic E-state index is -0.406. The van der Waals surface area contributed by atoms with Gasteiger partial charge in [-0.25, -0.2) is 4.79 Å². The van der Waals surface area contributed by atoms with E-state index in [0.29, 0.717) is 13.1 Å². The lowest BCUT2D eigenvalue weighted by Gasteiger charge is -2.15. The fraction of sp³-hybridized carbons (Fsp3) is 0.136. The Morgan fingerprint density at radius 2 is 1.54 bits per heavy atom. The number of nitrogens with zero attached hydrogens (tertiary/aromatic N) is 2. The number of benzene rings is 3. The summed E-state index contributed by atoms with van der Waals surface area (Å²) < 4.78 is 0. The first-order valence-electron chi connectivity index (χ1n) is 9.04. The second-order valence-corrected chi connectivity index (χ2v) is 6.79. The maximum Gasteiger partial charge on any atom is 0.318 e. The standard InChI is InChI=1S/C22H19N3O3/c26-22-23-21(19-4-2-1-3-5-19)15-24(22)14-16-6-8-17(9-7-16)18-10-12-20(13-11-18)25(27)28/h1-13,21H,14-15H2,(H,23,26)/t21-/m1/s1. The quantitative estimate of drug-likeness (QED) is 0.527. The largest absolute Gasteiger partial charge is 0.329 e. The summed E-state index contributed by atoms with van der Waals surface area (Å²) >= 11 is 0. The Balaban J connectivity index is 1.43. The lowest BCUT2D eigenvalue weighted by Crippen LogP contribution is -2.27. The molecule has 0 spiro atoms. The SMILES string of the molecule is O=C1N[C@@H](c2ccccc2)CN1Cc1ccc(-c2ccc([N+](=O)[O-])cc2)cc1. The highest BCUT2D eigenvalue weighted by molar-refractivity contribution is 5.77. The van der Waals surface area contributed by atoms with Gasteiger partial charge in [0.05, 0.1) is 11.0 Å². The number of carbonyl (C=O) groups excluding carboxylic acids is 1. The fourth-order valence-electron chi connectivity index (χ4n) is 3.40. The highest BCUT2D eigenvalue weighted by Gasteiger charge is 2.29. The molecule has 1 N–H and O–H groups in total. The van der Waals surface area contributed by atoms with Gasteiger partial charge < -0.3 is 10.2 Å². The van der Waals surface area contributed by atoms with Crippen molar-refractivity contribution >= 4 is 11.7 Å². The molecule has 1 fully saturated rings. The number of rotatable bonds is 5. The summed E-state index contributed by atoms with van der Waals surface area (Å²) in [6, 6.07) is 24.3. The van der Waals surface area contributed by atoms with Crippen LogP contribution in [-0.2, 0) is 6.54 Å². The maximum absolute atomic E-state index is 12.3. The maximum atomic E-state index is 12.3. The highest BCUT2D eigenvalue weighted by atomic mass is 16.6. The number of hydrogen-bond donors (Lipinski definition) is 1. The van der Waals surface area contributed by atoms with Crippen molar-refractivity contribution in [3.63, 3.8) is 0 Å². The molecule has 0 bridgehead atoms. The molecule has 1 atom stereocenters. The molecule has 6 nitrogen and oxygen atoms in total. The summed E-state index contributed by atoms with van der Waals surface area (Å²) in [5, 5.41) is 13.8. The van der Waals surface area contributed by atoms with E-state index in [-0.39, 0.29) is 17.8 Å². The molecule has 0 unspecified atom stereocenters. The van der Waals surface area contributed by atoms with Gasteiger partial charge in [-0.2, -0.15) is 0 Å². The van der Waals surface area contributed by atoms with Crippen molar-refractivity contribution in [2.45, 2.75) is 12.6 Å². The van der Waals surface area contributed by atoms with Crippen molar-refractivity contribution in [2.75, 3.05) is 6.54 Å². The van der Waals surface area contributed by atoms with E-state index in [1.165, 1.54) is 12.1 Å². The van der Waals surface area contributed by atoms with Crippen molar-refractivity contribution in [2.24, 2.45) is 0 Å². The first-order chi connectivity index (χ1) is 13.6. The van der Waals surface area contributed by atoms with Gasteiger partial charge in [0.25, 0.3) is 5.69 Å². The van der Waals surface area contributed by atoms with Crippen LogP contribution in [0.15, 0.2) is 78.9 Å². The van der Waals surface area contributed by atoms with Gasteiger partial charge in [-0.15, -0.1) is 0 Å². The number of carbonyl (C=O) groups is 1. The smallest absolute Gasteiger partial charge is 0.318 e. The van der Waals surface area contributed by atoms with Crippen LogP contribution in [0.5, 0.6) is 0 Å². The Labute approximate surface area is 162 Å². The predicted molar refractivity (Wildman–Crippen MR) is 107 cm³/mol. The zero-order chi connectivity index (χ0) is 19.5. The Bertz CT molecular complexity index is 986. The Morgan fingerprint density at radius 3 is 2.14 bits per heavy atom. The van der Waals surface area contributed by atoms with Gasteiger partial charge in [0.1, 0.15) is 0 Å². The normalized spacial score (nSPS) is 16.1. The molecule has 3 aromatic rings. The van der Waals surface area contributed by atoms with Gasteiger partial charge in [0, 0.05) is 25.2 Å². The molecule has 1 saturated heterocycles. The van der Waals surface area contributed by atoms with E-state index in [9.17, 15) is 14.9 Å². The summed E-state index contributed by atoms with van der Waals surface area (Å²) in [5.74, 6) is 0. The van der Waals surface area contributed by atoms with Crippen LogP contribution in [0.4, 0.5) is 10.5 Å². The number of nitro benzene ring substituents is 1. The summed E-state index contributed by atoms with van der Waals surface area (Å²) in [5.41, 5.74) is 4.11. The van der Waals surface area contributed by atoms with Crippen molar-refractivity contribution in [3.8, 4) is 11.1 Å². The molecule has 0 aromatic heterocycles. The van der Waals surface area contributed by atoms with Crippen molar-refractivity contribution in [1.29, 1.82) is 0 Å². The molecule has 1 heterocycles. The lowest BCUT2D eigenvalue weighted by molar-refractivity contribution is -0.384. The third-order valence-electron chi connectivity index (χ3n) is 4.93. The van der Waals surface area contributed by atoms with E-state index in [2.05, 4.69) is 5.32 Å². The molecule has 0 saturated carbocycles. The van der Waals surface area contributed by atoms with Crippen molar-refractivity contribution < 1.29 is 9.72 Å². The van der Waals surface area contributed by atoms with Crippen LogP contribution in [-0.4, -0.2) is 22.4 Å². The summed E-state index contributed by atoms with van der Waals surface area (Å²) in [7, 11) is 0. The summed E-state index contributed by atoms with van der Waals surface area (Å²) in [6.45, 7) is 1.17. The molecular formula is C22H19N3O3. The average Bonchev–Trinajstić information content (AvgIpc) is 3.10. The summed E-state index contributed by atoms with van der Waals surface area (Å²) in [4.78, 5) is 24.5. The van der Waals surface area contributed by atoms with Gasteiger partial charge in [-0.1, -0.05) is 54.6 Å². The zero-order valence-electron chi connectivity index (χ0n) is 15.1. The van der Waals surface area contributed by atoms with E-state index >= 15 is 0 Å². The monoisotopic (exact) mass is 373 g/mol. The minimum Gasteiger partial charge on any atom is -0.329 e. The average molecular weight is 373 g/mol. The third-order valence-corrected chi connectivity index (χ3v) is 4.93. The highest BCUT2D eigenvalue weighted by Crippen LogP contribution is 2.25. The molecule has 4 rings (SSSR count). The number of non-ortho nitro benzene ring substituents is 1. The Morgan fingerprint density at radius 1 is 0.929 bits per heavy atom. The summed E-state index contributed by atoms with van der Waals surface area (Å²) in [6.07, 6.45) is 0. The van der Waals surface area contributed by atoms with E-state index in [1.54, 1.807) is 17.0 Å². The Hall–Kier alpha value is -3.67. The Kier molecular flexibility index (Phi) is 4.76. The molecule has 1 aliphatic rings. The topological polar surface area (TPSA) is 75.5 Å². The van der Waals surface area contributed by atoms with Crippen LogP contribution in [0, 0.1) is 10.1 Å². The van der Waals surface area contributed by atoms with Gasteiger partial charge >= 0.3 is 6.03 Å². The predicted octanol–water partition coefficient (Wildman–Crippen LogP) is 4.53. The minimum absolute atomic E-state index is 0.00748. The van der Waals surface area contributed by atoms with E-state index in [4.69, 9.17) is 0 Å². The third kappa shape index (κ3) is 3.71. The van der Waals surface area contributed by atoms with Crippen molar-refractivity contribution in [1.82, 2.24) is 10.2 Å². The molecule has 28 heavy (non-hydrogen) atoms. The van der Waals surface area contributed by atoms with Crippen LogP contribution in [0.3, 0.4) is 0 Å². The number of urea groups is 1. The second kappa shape index (κ2) is 7.52. The number of nitrogens with one attached hydrogen (secondary N) is 1. The van der Waals surface area contributed by atoms with Gasteiger partial charge in [-0.3, -0.25) is 10.1 Å². The van der Waals surface area contributed by atoms with Crippen LogP contribution in [0.2, 0.25) is 0 Å². The van der Waals surface area contributed by atoms with Gasteiger partial charge in [0.15, 0.2) is 0 Å².